The Morgan fingerprint density at radius 1 is 0.957 bits per heavy atom. The van der Waals surface area contributed by atoms with Crippen LogP contribution in [0.5, 0.6) is 5.75 Å². The van der Waals surface area contributed by atoms with Crippen LogP contribution in [0.1, 0.15) is 30.0 Å². The summed E-state index contributed by atoms with van der Waals surface area (Å²) >= 11 is 0. The van der Waals surface area contributed by atoms with E-state index in [9.17, 15) is 8.78 Å². The van der Waals surface area contributed by atoms with Crippen LogP contribution in [-0.4, -0.2) is 6.61 Å². The first kappa shape index (κ1) is 16.8. The second-order valence-corrected chi connectivity index (χ2v) is 4.94. The lowest BCUT2D eigenvalue weighted by Gasteiger charge is -2.01. The summed E-state index contributed by atoms with van der Waals surface area (Å²) in [5, 5.41) is 0. The van der Waals surface area contributed by atoms with Crippen molar-refractivity contribution in [3.63, 3.8) is 0 Å². The normalized spacial score (nSPS) is 9.70. The molecule has 0 aliphatic rings. The molecular formula is C20H18F2O. The first-order valence-corrected chi connectivity index (χ1v) is 7.52. The molecule has 0 N–H and O–H groups in total. The van der Waals surface area contributed by atoms with E-state index in [2.05, 4.69) is 11.8 Å². The summed E-state index contributed by atoms with van der Waals surface area (Å²) in [6.45, 7) is 2.59. The Bertz CT molecular complexity index is 700. The first-order valence-electron chi connectivity index (χ1n) is 7.52. The van der Waals surface area contributed by atoms with Crippen molar-refractivity contribution in [2.45, 2.75) is 19.8 Å². The molecule has 0 amide bonds. The Labute approximate surface area is 135 Å². The van der Waals surface area contributed by atoms with E-state index in [4.69, 9.17) is 4.74 Å². The van der Waals surface area contributed by atoms with E-state index in [1.807, 2.05) is 55.5 Å². The van der Waals surface area contributed by atoms with Gasteiger partial charge in [-0.2, -0.15) is 8.78 Å². The van der Waals surface area contributed by atoms with Crippen molar-refractivity contribution >= 4 is 0 Å². The zero-order valence-corrected chi connectivity index (χ0v) is 13.0. The Morgan fingerprint density at radius 3 is 2.04 bits per heavy atom. The number of halogens is 2. The van der Waals surface area contributed by atoms with Crippen LogP contribution < -0.4 is 4.74 Å². The maximum Gasteiger partial charge on any atom is 0.266 e. The van der Waals surface area contributed by atoms with Gasteiger partial charge in [0.1, 0.15) is 5.75 Å². The Balaban J connectivity index is 1.97. The summed E-state index contributed by atoms with van der Waals surface area (Å²) in [6, 6.07) is 15.3. The van der Waals surface area contributed by atoms with Gasteiger partial charge in [0.15, 0.2) is 0 Å². The summed E-state index contributed by atoms with van der Waals surface area (Å²) < 4.78 is 29.3. The van der Waals surface area contributed by atoms with E-state index in [0.717, 1.165) is 28.5 Å². The summed E-state index contributed by atoms with van der Waals surface area (Å²) in [6.07, 6.45) is 0.270. The van der Waals surface area contributed by atoms with Crippen LogP contribution in [-0.2, 0) is 6.42 Å². The third-order valence-electron chi connectivity index (χ3n) is 3.20. The Hall–Kier alpha value is -2.60. The molecular weight excluding hydrogens is 294 g/mol. The standard InChI is InChI=1S/C20H18F2O/c1-2-23-19-14-12-18(13-15-19)11-10-17-8-6-16(7-9-17)4-3-5-20(21)22/h5-9,12-15H,2-4H2,1H3. The van der Waals surface area contributed by atoms with Crippen molar-refractivity contribution in [2.24, 2.45) is 0 Å². The van der Waals surface area contributed by atoms with Gasteiger partial charge in [0, 0.05) is 11.1 Å². The fourth-order valence-electron chi connectivity index (χ4n) is 2.05. The number of allylic oxidation sites excluding steroid dienone is 1. The van der Waals surface area contributed by atoms with Gasteiger partial charge in [0.25, 0.3) is 6.08 Å². The molecule has 0 spiro atoms. The Kier molecular flexibility index (Phi) is 6.38. The van der Waals surface area contributed by atoms with Gasteiger partial charge < -0.3 is 4.74 Å². The molecule has 0 saturated carbocycles. The van der Waals surface area contributed by atoms with Crippen molar-refractivity contribution in [3.8, 4) is 17.6 Å². The number of rotatable bonds is 5. The van der Waals surface area contributed by atoms with E-state index >= 15 is 0 Å². The van der Waals surface area contributed by atoms with Crippen LogP contribution in [0.2, 0.25) is 0 Å². The molecule has 118 valence electrons. The summed E-state index contributed by atoms with van der Waals surface area (Å²) in [4.78, 5) is 0. The lowest BCUT2D eigenvalue weighted by atomic mass is 10.1. The molecule has 0 aliphatic heterocycles. The zero-order chi connectivity index (χ0) is 16.5. The number of hydrogen-bond donors (Lipinski definition) is 0. The molecule has 0 atom stereocenters. The van der Waals surface area contributed by atoms with Crippen LogP contribution in [0.3, 0.4) is 0 Å². The zero-order valence-electron chi connectivity index (χ0n) is 13.0. The SMILES string of the molecule is CCOc1ccc(C#Cc2ccc(CCC=C(F)F)cc2)cc1. The maximum atomic E-state index is 12.0. The van der Waals surface area contributed by atoms with Crippen LogP contribution in [0.15, 0.2) is 60.7 Å². The number of aryl methyl sites for hydroxylation is 1. The van der Waals surface area contributed by atoms with Crippen molar-refractivity contribution in [2.75, 3.05) is 6.61 Å². The fourth-order valence-corrected chi connectivity index (χ4v) is 2.05. The van der Waals surface area contributed by atoms with Crippen molar-refractivity contribution in [3.05, 3.63) is 77.4 Å². The van der Waals surface area contributed by atoms with E-state index in [-0.39, 0.29) is 0 Å². The van der Waals surface area contributed by atoms with Gasteiger partial charge in [-0.3, -0.25) is 0 Å². The average molecular weight is 312 g/mol. The van der Waals surface area contributed by atoms with Crippen molar-refractivity contribution < 1.29 is 13.5 Å². The second kappa shape index (κ2) is 8.75. The monoisotopic (exact) mass is 312 g/mol. The predicted molar refractivity (Wildman–Crippen MR) is 88.7 cm³/mol. The molecule has 2 aromatic rings. The molecule has 3 heteroatoms. The lowest BCUT2D eigenvalue weighted by Crippen LogP contribution is -1.90. The van der Waals surface area contributed by atoms with Gasteiger partial charge in [0.2, 0.25) is 0 Å². The van der Waals surface area contributed by atoms with Gasteiger partial charge in [-0.05, 0) is 67.8 Å². The van der Waals surface area contributed by atoms with Gasteiger partial charge in [-0.25, -0.2) is 0 Å². The average Bonchev–Trinajstić information content (AvgIpc) is 2.55. The van der Waals surface area contributed by atoms with Crippen LogP contribution in [0, 0.1) is 11.8 Å². The molecule has 0 radical (unpaired) electrons. The molecule has 2 aromatic carbocycles. The topological polar surface area (TPSA) is 9.23 Å². The third kappa shape index (κ3) is 5.96. The molecule has 0 bridgehead atoms. The highest BCUT2D eigenvalue weighted by Gasteiger charge is 1.95. The number of ether oxygens (including phenoxy) is 1. The summed E-state index contributed by atoms with van der Waals surface area (Å²) in [7, 11) is 0. The molecule has 0 fully saturated rings. The van der Waals surface area contributed by atoms with Gasteiger partial charge in [0.05, 0.1) is 6.61 Å². The molecule has 0 heterocycles. The highest BCUT2D eigenvalue weighted by atomic mass is 19.3. The molecule has 23 heavy (non-hydrogen) atoms. The second-order valence-electron chi connectivity index (χ2n) is 4.94. The molecule has 0 saturated heterocycles. The molecule has 0 unspecified atom stereocenters. The number of benzene rings is 2. The quantitative estimate of drug-likeness (QED) is 0.690. The van der Waals surface area contributed by atoms with Gasteiger partial charge in [-0.15, -0.1) is 0 Å². The molecule has 0 aromatic heterocycles. The summed E-state index contributed by atoms with van der Waals surface area (Å²) in [5.41, 5.74) is 2.84. The van der Waals surface area contributed by atoms with E-state index in [1.165, 1.54) is 0 Å². The minimum absolute atomic E-state index is 0.347. The first-order chi connectivity index (χ1) is 11.2. The highest BCUT2D eigenvalue weighted by molar-refractivity contribution is 5.44. The molecule has 1 nitrogen and oxygen atoms in total. The van der Waals surface area contributed by atoms with Crippen molar-refractivity contribution in [1.82, 2.24) is 0 Å². The minimum Gasteiger partial charge on any atom is -0.494 e. The smallest absolute Gasteiger partial charge is 0.266 e. The largest absolute Gasteiger partial charge is 0.494 e. The van der Waals surface area contributed by atoms with Crippen LogP contribution >= 0.6 is 0 Å². The number of hydrogen-bond acceptors (Lipinski definition) is 1. The van der Waals surface area contributed by atoms with Crippen LogP contribution in [0.4, 0.5) is 8.78 Å². The van der Waals surface area contributed by atoms with Crippen LogP contribution in [0.25, 0.3) is 0 Å². The van der Waals surface area contributed by atoms with Crippen molar-refractivity contribution in [1.29, 1.82) is 0 Å². The molecule has 0 aliphatic carbocycles. The Morgan fingerprint density at radius 2 is 1.52 bits per heavy atom. The van der Waals surface area contributed by atoms with E-state index < -0.39 is 6.08 Å². The lowest BCUT2D eigenvalue weighted by molar-refractivity contribution is 0.340. The maximum absolute atomic E-state index is 12.0. The highest BCUT2D eigenvalue weighted by Crippen LogP contribution is 2.12. The third-order valence-corrected chi connectivity index (χ3v) is 3.20. The fraction of sp³-hybridized carbons (Fsp3) is 0.200. The van der Waals surface area contributed by atoms with E-state index in [1.54, 1.807) is 0 Å². The summed E-state index contributed by atoms with van der Waals surface area (Å²) in [5.74, 6) is 7.02. The van der Waals surface area contributed by atoms with E-state index in [0.29, 0.717) is 19.4 Å². The minimum atomic E-state index is -1.62. The van der Waals surface area contributed by atoms with Gasteiger partial charge in [-0.1, -0.05) is 24.0 Å². The van der Waals surface area contributed by atoms with Gasteiger partial charge >= 0.3 is 0 Å². The molecule has 2 rings (SSSR count). The predicted octanol–water partition coefficient (Wildman–Crippen LogP) is 5.20.